The predicted octanol–water partition coefficient (Wildman–Crippen LogP) is -0.952. The van der Waals surface area contributed by atoms with Crippen LogP contribution >= 0.6 is 0 Å². The second kappa shape index (κ2) is 6.49. The number of carbonyl (C=O) groups is 2. The van der Waals surface area contributed by atoms with E-state index in [0.717, 1.165) is 26.2 Å². The van der Waals surface area contributed by atoms with E-state index in [0.29, 0.717) is 13.0 Å². The fourth-order valence-electron chi connectivity index (χ4n) is 2.84. The highest BCUT2D eigenvalue weighted by Gasteiger charge is 2.35. The second-order valence-electron chi connectivity index (χ2n) is 5.68. The van der Waals surface area contributed by atoms with Gasteiger partial charge in [-0.15, -0.1) is 0 Å². The fourth-order valence-corrected chi connectivity index (χ4v) is 2.84. The first-order valence-electron chi connectivity index (χ1n) is 7.11. The molecule has 2 aliphatic rings. The van der Waals surface area contributed by atoms with Gasteiger partial charge in [-0.25, -0.2) is 4.39 Å². The van der Waals surface area contributed by atoms with E-state index >= 15 is 0 Å². The summed E-state index contributed by atoms with van der Waals surface area (Å²) in [7, 11) is 2.03. The van der Waals surface area contributed by atoms with Gasteiger partial charge in [-0.1, -0.05) is 0 Å². The number of rotatable bonds is 4. The average Bonchev–Trinajstić information content (AvgIpc) is 2.78. The highest BCUT2D eigenvalue weighted by atomic mass is 19.1. The van der Waals surface area contributed by atoms with Crippen molar-refractivity contribution in [2.75, 3.05) is 46.3 Å². The van der Waals surface area contributed by atoms with Crippen LogP contribution in [0.15, 0.2) is 0 Å². The zero-order valence-corrected chi connectivity index (χ0v) is 11.9. The van der Waals surface area contributed by atoms with E-state index in [-0.39, 0.29) is 18.9 Å². The minimum Gasteiger partial charge on any atom is -0.368 e. The number of amides is 2. The lowest BCUT2D eigenvalue weighted by molar-refractivity contribution is -0.133. The quantitative estimate of drug-likeness (QED) is 0.723. The molecule has 0 unspecified atom stereocenters. The lowest BCUT2D eigenvalue weighted by atomic mass is 10.2. The maximum atomic E-state index is 13.4. The highest BCUT2D eigenvalue weighted by molar-refractivity contribution is 5.80. The van der Waals surface area contributed by atoms with Crippen LogP contribution in [0, 0.1) is 0 Å². The Kier molecular flexibility index (Phi) is 4.93. The summed E-state index contributed by atoms with van der Waals surface area (Å²) in [5.41, 5.74) is 5.27. The molecule has 2 heterocycles. The van der Waals surface area contributed by atoms with E-state index in [1.54, 1.807) is 4.90 Å². The van der Waals surface area contributed by atoms with Crippen molar-refractivity contribution in [1.82, 2.24) is 14.7 Å². The van der Waals surface area contributed by atoms with Crippen LogP contribution in [0.25, 0.3) is 0 Å². The van der Waals surface area contributed by atoms with Crippen LogP contribution < -0.4 is 5.73 Å². The third-order valence-electron chi connectivity index (χ3n) is 4.15. The number of likely N-dealkylation sites (tertiary alicyclic amines) is 1. The minimum absolute atomic E-state index is 0.0728. The van der Waals surface area contributed by atoms with Gasteiger partial charge in [-0.3, -0.25) is 14.5 Å². The molecule has 2 saturated heterocycles. The predicted molar refractivity (Wildman–Crippen MR) is 72.8 cm³/mol. The number of likely N-dealkylation sites (N-methyl/N-ethyl adjacent to an activating group) is 1. The number of alkyl halides is 1. The van der Waals surface area contributed by atoms with Gasteiger partial charge in [0.2, 0.25) is 11.8 Å². The van der Waals surface area contributed by atoms with Gasteiger partial charge in [0.15, 0.2) is 0 Å². The lowest BCUT2D eigenvalue weighted by Crippen LogP contribution is -2.48. The van der Waals surface area contributed by atoms with E-state index in [4.69, 9.17) is 5.73 Å². The second-order valence-corrected chi connectivity index (χ2v) is 5.68. The van der Waals surface area contributed by atoms with E-state index in [1.807, 2.05) is 11.9 Å². The molecule has 0 aliphatic carbocycles. The molecular weight excluding hydrogens is 263 g/mol. The smallest absolute Gasteiger partial charge is 0.234 e. The van der Waals surface area contributed by atoms with Gasteiger partial charge in [0.05, 0.1) is 6.04 Å². The zero-order valence-electron chi connectivity index (χ0n) is 11.9. The van der Waals surface area contributed by atoms with Gasteiger partial charge in [0, 0.05) is 52.1 Å². The first kappa shape index (κ1) is 15.2. The molecule has 0 aromatic rings. The summed E-state index contributed by atoms with van der Waals surface area (Å²) >= 11 is 0. The van der Waals surface area contributed by atoms with Gasteiger partial charge in [-0.05, 0) is 7.05 Å². The molecule has 6 nitrogen and oxygen atoms in total. The van der Waals surface area contributed by atoms with Crippen LogP contribution in [0.3, 0.4) is 0 Å². The molecule has 2 N–H and O–H groups in total. The number of primary amides is 1. The van der Waals surface area contributed by atoms with Crippen LogP contribution in [0.2, 0.25) is 0 Å². The van der Waals surface area contributed by atoms with E-state index < -0.39 is 18.1 Å². The van der Waals surface area contributed by atoms with Crippen molar-refractivity contribution in [3.8, 4) is 0 Å². The maximum Gasteiger partial charge on any atom is 0.234 e. The molecule has 0 aromatic heterocycles. The minimum atomic E-state index is -1.02. The Balaban J connectivity index is 1.79. The Hall–Kier alpha value is -1.21. The topological polar surface area (TPSA) is 69.9 Å². The van der Waals surface area contributed by atoms with Crippen molar-refractivity contribution in [3.05, 3.63) is 0 Å². The zero-order chi connectivity index (χ0) is 14.7. The number of piperazine rings is 1. The number of nitrogens with zero attached hydrogens (tertiary/aromatic N) is 3. The summed E-state index contributed by atoms with van der Waals surface area (Å²) in [5.74, 6) is -0.430. The van der Waals surface area contributed by atoms with Gasteiger partial charge in [-0.2, -0.15) is 0 Å². The number of nitrogens with two attached hydrogens (primary N) is 1. The van der Waals surface area contributed by atoms with Crippen LogP contribution in [0.1, 0.15) is 12.8 Å². The molecule has 2 rings (SSSR count). The molecule has 0 radical (unpaired) electrons. The molecule has 2 fully saturated rings. The summed E-state index contributed by atoms with van der Waals surface area (Å²) in [6, 6.07) is -0.565. The van der Waals surface area contributed by atoms with Crippen molar-refractivity contribution < 1.29 is 14.0 Å². The van der Waals surface area contributed by atoms with Crippen LogP contribution in [-0.4, -0.2) is 85.0 Å². The van der Waals surface area contributed by atoms with E-state index in [1.165, 1.54) is 0 Å². The third-order valence-corrected chi connectivity index (χ3v) is 4.15. The lowest BCUT2D eigenvalue weighted by Gasteiger charge is -2.33. The van der Waals surface area contributed by atoms with Gasteiger partial charge < -0.3 is 15.5 Å². The molecule has 0 saturated carbocycles. The van der Waals surface area contributed by atoms with E-state index in [9.17, 15) is 14.0 Å². The monoisotopic (exact) mass is 286 g/mol. The highest BCUT2D eigenvalue weighted by Crippen LogP contribution is 2.20. The molecule has 20 heavy (non-hydrogen) atoms. The Labute approximate surface area is 118 Å². The van der Waals surface area contributed by atoms with Crippen molar-refractivity contribution in [3.63, 3.8) is 0 Å². The molecule has 0 aromatic carbocycles. The summed E-state index contributed by atoms with van der Waals surface area (Å²) in [5, 5.41) is 0. The fraction of sp³-hybridized carbons (Fsp3) is 0.846. The molecular formula is C13H23FN4O2. The Bertz CT molecular complexity index is 371. The number of carbonyl (C=O) groups excluding carboxylic acids is 2. The molecule has 114 valence electrons. The molecule has 7 heteroatoms. The molecule has 0 bridgehead atoms. The Morgan fingerprint density at radius 2 is 1.90 bits per heavy atom. The first-order chi connectivity index (χ1) is 9.47. The van der Waals surface area contributed by atoms with E-state index in [2.05, 4.69) is 4.90 Å². The maximum absolute atomic E-state index is 13.4. The van der Waals surface area contributed by atoms with Crippen molar-refractivity contribution >= 4 is 11.8 Å². The van der Waals surface area contributed by atoms with Crippen molar-refractivity contribution in [1.29, 1.82) is 0 Å². The molecule has 2 atom stereocenters. The number of halogens is 1. The van der Waals surface area contributed by atoms with Crippen LogP contribution in [0.4, 0.5) is 4.39 Å². The number of hydrogen-bond acceptors (Lipinski definition) is 4. The first-order valence-corrected chi connectivity index (χ1v) is 7.11. The van der Waals surface area contributed by atoms with Crippen LogP contribution in [-0.2, 0) is 9.59 Å². The molecule has 0 spiro atoms. The number of hydrogen-bond donors (Lipinski definition) is 1. The largest absolute Gasteiger partial charge is 0.368 e. The summed E-state index contributed by atoms with van der Waals surface area (Å²) < 4.78 is 13.4. The normalized spacial score (nSPS) is 28.8. The Morgan fingerprint density at radius 3 is 2.50 bits per heavy atom. The third kappa shape index (κ3) is 3.67. The van der Waals surface area contributed by atoms with Crippen molar-refractivity contribution in [2.24, 2.45) is 5.73 Å². The average molecular weight is 286 g/mol. The summed E-state index contributed by atoms with van der Waals surface area (Å²) in [6.07, 6.45) is -0.552. The summed E-state index contributed by atoms with van der Waals surface area (Å²) in [4.78, 5) is 29.1. The van der Waals surface area contributed by atoms with Crippen LogP contribution in [0.5, 0.6) is 0 Å². The molecule has 2 amide bonds. The van der Waals surface area contributed by atoms with Gasteiger partial charge >= 0.3 is 0 Å². The van der Waals surface area contributed by atoms with Crippen molar-refractivity contribution in [2.45, 2.75) is 25.1 Å². The SMILES string of the molecule is CN1CCN(C(=O)CCN2C[C@H](F)C[C@H]2C(N)=O)CC1. The Morgan fingerprint density at radius 1 is 1.25 bits per heavy atom. The van der Waals surface area contributed by atoms with Gasteiger partial charge in [0.25, 0.3) is 0 Å². The standard InChI is InChI=1S/C13H23FN4O2/c1-16-4-6-17(7-5-16)12(19)2-3-18-9-10(14)8-11(18)13(15)20/h10-11H,2-9H2,1H3,(H2,15,20)/t10-,11+/m1/s1. The van der Waals surface area contributed by atoms with Gasteiger partial charge in [0.1, 0.15) is 6.17 Å². The summed E-state index contributed by atoms with van der Waals surface area (Å²) in [6.45, 7) is 3.83. The molecule has 2 aliphatic heterocycles.